The smallest absolute Gasteiger partial charge is 0.222 e. The fourth-order valence-corrected chi connectivity index (χ4v) is 2.74. The van der Waals surface area contributed by atoms with E-state index in [9.17, 15) is 4.79 Å². The zero-order valence-corrected chi connectivity index (χ0v) is 12.4. The van der Waals surface area contributed by atoms with Gasteiger partial charge in [-0.1, -0.05) is 12.1 Å². The van der Waals surface area contributed by atoms with E-state index in [1.807, 2.05) is 29.2 Å². The average Bonchev–Trinajstić information content (AvgIpc) is 2.45. The summed E-state index contributed by atoms with van der Waals surface area (Å²) >= 11 is 0. The first kappa shape index (κ1) is 14.9. The van der Waals surface area contributed by atoms with Crippen LogP contribution in [0.15, 0.2) is 24.3 Å². The number of likely N-dealkylation sites (tertiary alicyclic amines) is 1. The summed E-state index contributed by atoms with van der Waals surface area (Å²) in [4.78, 5) is 14.2. The Morgan fingerprint density at radius 1 is 1.50 bits per heavy atom. The van der Waals surface area contributed by atoms with Crippen LogP contribution in [0.3, 0.4) is 0 Å². The molecular weight excluding hydrogens is 252 g/mol. The molecule has 1 aliphatic rings. The van der Waals surface area contributed by atoms with Crippen molar-refractivity contribution in [1.29, 1.82) is 0 Å². The molecule has 1 unspecified atom stereocenters. The molecule has 1 aromatic rings. The molecule has 4 nitrogen and oxygen atoms in total. The van der Waals surface area contributed by atoms with Crippen molar-refractivity contribution in [2.24, 2.45) is 0 Å². The first-order chi connectivity index (χ1) is 9.52. The molecule has 1 fully saturated rings. The predicted molar refractivity (Wildman–Crippen MR) is 80.4 cm³/mol. The number of hydrogen-bond acceptors (Lipinski definition) is 3. The van der Waals surface area contributed by atoms with Gasteiger partial charge in [0, 0.05) is 32.3 Å². The van der Waals surface area contributed by atoms with Gasteiger partial charge in [-0.2, -0.15) is 0 Å². The molecule has 2 rings (SSSR count). The number of aryl methyl sites for hydroxylation is 1. The van der Waals surface area contributed by atoms with Crippen molar-refractivity contribution in [3.05, 3.63) is 29.8 Å². The van der Waals surface area contributed by atoms with E-state index in [0.717, 1.165) is 37.1 Å². The molecular formula is C16H24N2O2. The maximum atomic E-state index is 12.3. The van der Waals surface area contributed by atoms with Crippen LogP contribution in [-0.2, 0) is 16.0 Å². The lowest BCUT2D eigenvalue weighted by atomic mass is 9.94. The second-order valence-corrected chi connectivity index (χ2v) is 5.82. The Morgan fingerprint density at radius 3 is 3.00 bits per heavy atom. The highest BCUT2D eigenvalue weighted by Crippen LogP contribution is 2.24. The predicted octanol–water partition coefficient (Wildman–Crippen LogP) is 2.23. The molecule has 0 aromatic heterocycles. The number of ether oxygens (including phenoxy) is 1. The van der Waals surface area contributed by atoms with Gasteiger partial charge in [0.05, 0.1) is 5.60 Å². The van der Waals surface area contributed by atoms with Crippen LogP contribution in [0, 0.1) is 0 Å². The van der Waals surface area contributed by atoms with Crippen molar-refractivity contribution in [3.8, 4) is 0 Å². The van der Waals surface area contributed by atoms with E-state index >= 15 is 0 Å². The van der Waals surface area contributed by atoms with Gasteiger partial charge in [0.15, 0.2) is 0 Å². The number of rotatable bonds is 4. The summed E-state index contributed by atoms with van der Waals surface area (Å²) in [5, 5.41) is 0. The Kier molecular flexibility index (Phi) is 4.65. The molecule has 0 aliphatic carbocycles. The Morgan fingerprint density at radius 2 is 2.30 bits per heavy atom. The largest absolute Gasteiger partial charge is 0.399 e. The van der Waals surface area contributed by atoms with Gasteiger partial charge in [-0.15, -0.1) is 0 Å². The maximum absolute atomic E-state index is 12.3. The van der Waals surface area contributed by atoms with Crippen LogP contribution < -0.4 is 5.73 Å². The zero-order valence-electron chi connectivity index (χ0n) is 12.4. The number of methoxy groups -OCH3 is 1. The molecule has 0 bridgehead atoms. The van der Waals surface area contributed by atoms with Crippen LogP contribution in [0.2, 0.25) is 0 Å². The number of nitrogen functional groups attached to an aromatic ring is 1. The first-order valence-electron chi connectivity index (χ1n) is 7.20. The topological polar surface area (TPSA) is 55.6 Å². The molecule has 1 atom stereocenters. The Bertz CT molecular complexity index is 475. The first-order valence-corrected chi connectivity index (χ1v) is 7.20. The highest BCUT2D eigenvalue weighted by Gasteiger charge is 2.32. The molecule has 1 amide bonds. The summed E-state index contributed by atoms with van der Waals surface area (Å²) in [6.07, 6.45) is 3.30. The van der Waals surface area contributed by atoms with Crippen molar-refractivity contribution < 1.29 is 9.53 Å². The van der Waals surface area contributed by atoms with Crippen LogP contribution in [-0.4, -0.2) is 36.6 Å². The summed E-state index contributed by atoms with van der Waals surface area (Å²) in [6, 6.07) is 7.74. The molecule has 1 aromatic carbocycles. The third-order valence-electron chi connectivity index (χ3n) is 4.08. The number of carbonyl (C=O) groups is 1. The highest BCUT2D eigenvalue weighted by atomic mass is 16.5. The number of nitrogens with two attached hydrogens (primary N) is 1. The SMILES string of the molecule is COC1(C)CCCN(C(=O)CCc2cccc(N)c2)C1. The highest BCUT2D eigenvalue weighted by molar-refractivity contribution is 5.76. The van der Waals surface area contributed by atoms with Crippen LogP contribution in [0.4, 0.5) is 5.69 Å². The third kappa shape index (κ3) is 3.73. The van der Waals surface area contributed by atoms with E-state index in [1.165, 1.54) is 0 Å². The van der Waals surface area contributed by atoms with Crippen LogP contribution >= 0.6 is 0 Å². The number of nitrogens with zero attached hydrogens (tertiary/aromatic N) is 1. The number of amides is 1. The van der Waals surface area contributed by atoms with Gasteiger partial charge in [-0.05, 0) is 43.9 Å². The fourth-order valence-electron chi connectivity index (χ4n) is 2.74. The van der Waals surface area contributed by atoms with Gasteiger partial charge < -0.3 is 15.4 Å². The standard InChI is InChI=1S/C16H24N2O2/c1-16(20-2)9-4-10-18(12-16)15(19)8-7-13-5-3-6-14(17)11-13/h3,5-6,11H,4,7-10,12,17H2,1-2H3. The van der Waals surface area contributed by atoms with E-state index in [2.05, 4.69) is 6.92 Å². The number of carbonyl (C=O) groups excluding carboxylic acids is 1. The van der Waals surface area contributed by atoms with Crippen LogP contribution in [0.1, 0.15) is 31.7 Å². The van der Waals surface area contributed by atoms with Gasteiger partial charge in [-0.3, -0.25) is 4.79 Å². The van der Waals surface area contributed by atoms with Crippen molar-refractivity contribution in [3.63, 3.8) is 0 Å². The van der Waals surface area contributed by atoms with Gasteiger partial charge in [0.1, 0.15) is 0 Å². The Labute approximate surface area is 120 Å². The molecule has 1 heterocycles. The van der Waals surface area contributed by atoms with E-state index < -0.39 is 0 Å². The second kappa shape index (κ2) is 6.27. The fraction of sp³-hybridized carbons (Fsp3) is 0.562. The molecule has 0 radical (unpaired) electrons. The maximum Gasteiger partial charge on any atom is 0.222 e. The summed E-state index contributed by atoms with van der Waals surface area (Å²) in [7, 11) is 1.72. The summed E-state index contributed by atoms with van der Waals surface area (Å²) < 4.78 is 5.53. The van der Waals surface area contributed by atoms with Crippen LogP contribution in [0.5, 0.6) is 0 Å². The molecule has 0 spiro atoms. The second-order valence-electron chi connectivity index (χ2n) is 5.82. The lowest BCUT2D eigenvalue weighted by molar-refractivity contribution is -0.139. The Balaban J connectivity index is 1.88. The summed E-state index contributed by atoms with van der Waals surface area (Å²) in [5.74, 6) is 0.204. The van der Waals surface area contributed by atoms with Gasteiger partial charge in [-0.25, -0.2) is 0 Å². The quantitative estimate of drug-likeness (QED) is 0.858. The van der Waals surface area contributed by atoms with E-state index in [0.29, 0.717) is 13.0 Å². The minimum absolute atomic E-state index is 0.189. The number of hydrogen-bond donors (Lipinski definition) is 1. The number of anilines is 1. The number of piperidine rings is 1. The van der Waals surface area contributed by atoms with E-state index in [4.69, 9.17) is 10.5 Å². The van der Waals surface area contributed by atoms with E-state index in [1.54, 1.807) is 7.11 Å². The average molecular weight is 276 g/mol. The monoisotopic (exact) mass is 276 g/mol. The van der Waals surface area contributed by atoms with Crippen molar-refractivity contribution in [2.45, 2.75) is 38.2 Å². The van der Waals surface area contributed by atoms with Gasteiger partial charge >= 0.3 is 0 Å². The minimum Gasteiger partial charge on any atom is -0.399 e. The molecule has 110 valence electrons. The Hall–Kier alpha value is -1.55. The zero-order chi connectivity index (χ0) is 14.6. The van der Waals surface area contributed by atoms with Gasteiger partial charge in [0.2, 0.25) is 5.91 Å². The summed E-state index contributed by atoms with van der Waals surface area (Å²) in [6.45, 7) is 3.61. The molecule has 1 aliphatic heterocycles. The lowest BCUT2D eigenvalue weighted by Crippen LogP contribution is -2.49. The normalized spacial score (nSPS) is 22.8. The van der Waals surface area contributed by atoms with Crippen LogP contribution in [0.25, 0.3) is 0 Å². The van der Waals surface area contributed by atoms with E-state index in [-0.39, 0.29) is 11.5 Å². The molecule has 20 heavy (non-hydrogen) atoms. The van der Waals surface area contributed by atoms with Crippen molar-refractivity contribution >= 4 is 11.6 Å². The molecule has 2 N–H and O–H groups in total. The summed E-state index contributed by atoms with van der Waals surface area (Å²) in [5.41, 5.74) is 7.43. The third-order valence-corrected chi connectivity index (χ3v) is 4.08. The molecule has 0 saturated carbocycles. The number of benzene rings is 1. The van der Waals surface area contributed by atoms with Gasteiger partial charge in [0.25, 0.3) is 0 Å². The lowest BCUT2D eigenvalue weighted by Gasteiger charge is -2.39. The van der Waals surface area contributed by atoms with Crippen molar-refractivity contribution in [2.75, 3.05) is 25.9 Å². The molecule has 1 saturated heterocycles. The van der Waals surface area contributed by atoms with Crippen molar-refractivity contribution in [1.82, 2.24) is 4.90 Å². The minimum atomic E-state index is -0.189. The molecule has 4 heteroatoms.